The molecule has 134 valence electrons. The summed E-state index contributed by atoms with van der Waals surface area (Å²) in [7, 11) is 1.67. The van der Waals surface area contributed by atoms with E-state index in [9.17, 15) is 5.11 Å². The van der Waals surface area contributed by atoms with Gasteiger partial charge in [-0.25, -0.2) is 4.98 Å². The molecule has 1 aromatic heterocycles. The minimum absolute atomic E-state index is 0. The predicted molar refractivity (Wildman–Crippen MR) is 93.8 cm³/mol. The molecule has 0 aliphatic carbocycles. The number of nitrogens with one attached hydrogen (secondary N) is 1. The van der Waals surface area contributed by atoms with E-state index < -0.39 is 6.10 Å². The van der Waals surface area contributed by atoms with Gasteiger partial charge in [0.15, 0.2) is 6.20 Å². The molecule has 3 aliphatic heterocycles. The van der Waals surface area contributed by atoms with Gasteiger partial charge in [-0.1, -0.05) is 6.08 Å². The van der Waals surface area contributed by atoms with E-state index in [4.69, 9.17) is 4.74 Å². The number of methoxy groups -OCH3 is 1. The zero-order valence-electron chi connectivity index (χ0n) is 14.5. The third kappa shape index (κ3) is 3.14. The van der Waals surface area contributed by atoms with Gasteiger partial charge < -0.3 is 22.3 Å². The number of benzene rings is 1. The minimum atomic E-state index is -0.484. The zero-order valence-corrected chi connectivity index (χ0v) is 15.2. The van der Waals surface area contributed by atoms with Crippen LogP contribution < -0.4 is 22.1 Å². The van der Waals surface area contributed by atoms with Crippen LogP contribution in [-0.4, -0.2) is 36.2 Å². The molecule has 0 radical (unpaired) electrons. The van der Waals surface area contributed by atoms with E-state index in [0.29, 0.717) is 11.8 Å². The molecular weight excluding hydrogens is 336 g/mol. The third-order valence-corrected chi connectivity index (χ3v) is 5.88. The Labute approximate surface area is 154 Å². The van der Waals surface area contributed by atoms with Gasteiger partial charge in [0, 0.05) is 30.3 Å². The van der Waals surface area contributed by atoms with Crippen LogP contribution in [0.15, 0.2) is 43.1 Å². The first-order chi connectivity index (χ1) is 11.7. The summed E-state index contributed by atoms with van der Waals surface area (Å²) in [4.78, 5) is 5.70. The number of halogens is 1. The standard InChI is InChI=1S/C20H24N2O2.ClH/c1-3-13-12-22-9-7-14(13)10-19(22)20(23)16-6-8-21-18-5-4-15(24-2)11-17(16)18;/h3-6,8,11,13-14,19-20,23H,1,7,9-10,12H2,2H3;1H/t13?,14?,19?,20-;/m1./s1. The lowest BCUT2D eigenvalue weighted by Gasteiger charge is -2.50. The second kappa shape index (κ2) is 7.32. The Morgan fingerprint density at radius 1 is 1.40 bits per heavy atom. The summed E-state index contributed by atoms with van der Waals surface area (Å²) in [6.07, 6.45) is 5.79. The summed E-state index contributed by atoms with van der Waals surface area (Å²) >= 11 is 0. The van der Waals surface area contributed by atoms with Crippen molar-refractivity contribution in [1.29, 1.82) is 0 Å². The number of aliphatic hydroxyl groups excluding tert-OH is 1. The summed E-state index contributed by atoms with van der Waals surface area (Å²) in [5, 5.41) is 12.2. The highest BCUT2D eigenvalue weighted by Gasteiger charge is 2.42. The van der Waals surface area contributed by atoms with Gasteiger partial charge in [0.05, 0.1) is 18.6 Å². The number of aromatic amines is 1. The Kier molecular flexibility index (Phi) is 5.32. The number of ether oxygens (including phenoxy) is 1. The summed E-state index contributed by atoms with van der Waals surface area (Å²) in [5.74, 6) is 2.04. The maximum Gasteiger partial charge on any atom is 0.211 e. The Bertz CT molecular complexity index is 766. The SMILES string of the molecule is C=CC1CN2CCC1CC2[C@H](O)c1cc[nH+]c2ccc(OC)cc12.[Cl-]. The molecule has 5 atom stereocenters. The quantitative estimate of drug-likeness (QED) is 0.755. The van der Waals surface area contributed by atoms with Crippen LogP contribution >= 0.6 is 0 Å². The molecule has 2 N–H and O–H groups in total. The first-order valence-corrected chi connectivity index (χ1v) is 8.74. The molecule has 3 saturated heterocycles. The molecule has 5 heteroatoms. The Hall–Kier alpha value is -1.62. The van der Waals surface area contributed by atoms with Crippen LogP contribution in [-0.2, 0) is 0 Å². The van der Waals surface area contributed by atoms with E-state index in [1.807, 2.05) is 30.5 Å². The summed E-state index contributed by atoms with van der Waals surface area (Å²) in [6.45, 7) is 6.09. The normalized spacial score (nSPS) is 29.0. The maximum atomic E-state index is 11.2. The third-order valence-electron chi connectivity index (χ3n) is 5.88. The molecule has 4 nitrogen and oxygen atoms in total. The molecular formula is C20H25ClN2O2. The van der Waals surface area contributed by atoms with Gasteiger partial charge in [0.25, 0.3) is 0 Å². The Morgan fingerprint density at radius 3 is 2.92 bits per heavy atom. The number of hydrogen-bond acceptors (Lipinski definition) is 3. The average Bonchev–Trinajstić information content (AvgIpc) is 2.66. The van der Waals surface area contributed by atoms with Crippen molar-refractivity contribution in [3.63, 3.8) is 0 Å². The number of piperidine rings is 3. The lowest BCUT2D eigenvalue weighted by atomic mass is 9.73. The molecule has 4 unspecified atom stereocenters. The highest BCUT2D eigenvalue weighted by atomic mass is 35.5. The van der Waals surface area contributed by atoms with Crippen LogP contribution in [0.25, 0.3) is 10.9 Å². The van der Waals surface area contributed by atoms with Gasteiger partial charge in [-0.2, -0.15) is 0 Å². The van der Waals surface area contributed by atoms with Crippen LogP contribution in [0.1, 0.15) is 24.5 Å². The number of rotatable bonds is 4. The molecule has 1 aromatic carbocycles. The van der Waals surface area contributed by atoms with Crippen molar-refractivity contribution in [3.8, 4) is 5.75 Å². The predicted octanol–water partition coefficient (Wildman–Crippen LogP) is -0.404. The van der Waals surface area contributed by atoms with Gasteiger partial charge in [-0.05, 0) is 43.4 Å². The van der Waals surface area contributed by atoms with Crippen molar-refractivity contribution in [2.45, 2.75) is 25.0 Å². The minimum Gasteiger partial charge on any atom is -1.00 e. The Morgan fingerprint density at radius 2 is 2.24 bits per heavy atom. The molecule has 3 aliphatic rings. The van der Waals surface area contributed by atoms with Gasteiger partial charge in [0.2, 0.25) is 5.52 Å². The maximum absolute atomic E-state index is 11.2. The van der Waals surface area contributed by atoms with Crippen molar-refractivity contribution >= 4 is 10.9 Å². The van der Waals surface area contributed by atoms with E-state index in [1.54, 1.807) is 7.11 Å². The molecule has 2 aromatic rings. The average molecular weight is 361 g/mol. The lowest BCUT2D eigenvalue weighted by molar-refractivity contribution is -0.344. The molecule has 0 spiro atoms. The van der Waals surface area contributed by atoms with Crippen molar-refractivity contribution in [2.75, 3.05) is 20.2 Å². The van der Waals surface area contributed by atoms with E-state index >= 15 is 0 Å². The first kappa shape index (κ1) is 18.2. The van der Waals surface area contributed by atoms with E-state index in [0.717, 1.165) is 41.7 Å². The number of nitrogens with zero attached hydrogens (tertiary/aromatic N) is 1. The number of H-pyrrole nitrogens is 1. The smallest absolute Gasteiger partial charge is 0.211 e. The van der Waals surface area contributed by atoms with Crippen molar-refractivity contribution in [2.24, 2.45) is 11.8 Å². The molecule has 0 amide bonds. The largest absolute Gasteiger partial charge is 1.00 e. The van der Waals surface area contributed by atoms with E-state index in [2.05, 4.69) is 22.5 Å². The van der Waals surface area contributed by atoms with Crippen molar-refractivity contribution in [3.05, 3.63) is 48.7 Å². The summed E-state index contributed by atoms with van der Waals surface area (Å²) in [6, 6.07) is 8.15. The fourth-order valence-corrected chi connectivity index (χ4v) is 4.50. The lowest BCUT2D eigenvalue weighted by Crippen LogP contribution is -3.00. The molecule has 25 heavy (non-hydrogen) atoms. The van der Waals surface area contributed by atoms with E-state index in [1.165, 1.54) is 6.42 Å². The first-order valence-electron chi connectivity index (χ1n) is 8.74. The topological polar surface area (TPSA) is 46.8 Å². The molecule has 3 fully saturated rings. The van der Waals surface area contributed by atoms with Gasteiger partial charge >= 0.3 is 0 Å². The fourth-order valence-electron chi connectivity index (χ4n) is 4.50. The van der Waals surface area contributed by atoms with Crippen molar-refractivity contribution in [1.82, 2.24) is 4.90 Å². The summed E-state index contributed by atoms with van der Waals surface area (Å²) in [5.41, 5.74) is 2.00. The van der Waals surface area contributed by atoms with Crippen LogP contribution in [0.2, 0.25) is 0 Å². The number of pyridine rings is 1. The second-order valence-corrected chi connectivity index (χ2v) is 7.04. The van der Waals surface area contributed by atoms with Crippen LogP contribution in [0, 0.1) is 11.8 Å². The van der Waals surface area contributed by atoms with Crippen LogP contribution in [0.3, 0.4) is 0 Å². The molecule has 4 heterocycles. The van der Waals surface area contributed by atoms with Gasteiger partial charge in [0.1, 0.15) is 5.75 Å². The fraction of sp³-hybridized carbons (Fsp3) is 0.450. The second-order valence-electron chi connectivity index (χ2n) is 7.04. The number of hydrogen-bond donors (Lipinski definition) is 1. The molecule has 5 rings (SSSR count). The van der Waals surface area contributed by atoms with Crippen molar-refractivity contribution < 1.29 is 27.2 Å². The number of fused-ring (bicyclic) bond motifs is 4. The monoisotopic (exact) mass is 360 g/mol. The molecule has 2 bridgehead atoms. The van der Waals surface area contributed by atoms with Gasteiger partial charge in [-0.15, -0.1) is 6.58 Å². The van der Waals surface area contributed by atoms with Crippen LogP contribution in [0.4, 0.5) is 0 Å². The molecule has 0 saturated carbocycles. The number of aliphatic hydroxyl groups is 1. The summed E-state index contributed by atoms with van der Waals surface area (Å²) < 4.78 is 5.36. The van der Waals surface area contributed by atoms with Crippen LogP contribution in [0.5, 0.6) is 5.75 Å². The highest BCUT2D eigenvalue weighted by molar-refractivity contribution is 5.81. The highest BCUT2D eigenvalue weighted by Crippen LogP contribution is 2.42. The Balaban J connectivity index is 0.00000182. The van der Waals surface area contributed by atoms with E-state index in [-0.39, 0.29) is 18.4 Å². The number of aromatic nitrogens is 1. The zero-order chi connectivity index (χ0) is 16.7. The van der Waals surface area contributed by atoms with Gasteiger partial charge in [-0.3, -0.25) is 4.90 Å².